The summed E-state index contributed by atoms with van der Waals surface area (Å²) >= 11 is 5.42. The van der Waals surface area contributed by atoms with Crippen LogP contribution >= 0.6 is 38.5 Å². The molecule has 7 heteroatoms. The molecule has 23 heavy (non-hydrogen) atoms. The number of nitrogens with one attached hydrogen (secondary N) is 1. The lowest BCUT2D eigenvalue weighted by atomic mass is 10.1. The summed E-state index contributed by atoms with van der Waals surface area (Å²) in [7, 11) is 0. The van der Waals surface area contributed by atoms with Crippen molar-refractivity contribution in [3.63, 3.8) is 0 Å². The maximum atomic E-state index is 12.3. The SMILES string of the molecule is O=C(NN=Cc1cc(Br)c(I)o1)c1ccccc1-n1cccc1. The third kappa shape index (κ3) is 3.73. The predicted octanol–water partition coefficient (Wildman–Crippen LogP) is 4.20. The fourth-order valence-electron chi connectivity index (χ4n) is 2.03. The molecule has 0 saturated heterocycles. The lowest BCUT2D eigenvalue weighted by molar-refractivity contribution is 0.0955. The number of para-hydroxylation sites is 1. The fraction of sp³-hybridized carbons (Fsp3) is 0. The summed E-state index contributed by atoms with van der Waals surface area (Å²) in [5.74, 6) is 0.270. The number of amides is 1. The molecule has 3 aromatic rings. The second-order valence-electron chi connectivity index (χ2n) is 4.58. The molecule has 1 N–H and O–H groups in total. The van der Waals surface area contributed by atoms with Gasteiger partial charge in [-0.2, -0.15) is 5.10 Å². The standard InChI is InChI=1S/C16H11BrIN3O2/c17-13-9-11(23-15(13)18)10-19-20-16(22)12-5-1-2-6-14(12)21-7-3-4-8-21/h1-10H,(H,20,22). The number of rotatable bonds is 4. The van der Waals surface area contributed by atoms with Crippen molar-refractivity contribution < 1.29 is 9.21 Å². The van der Waals surface area contributed by atoms with Crippen molar-refractivity contribution in [3.05, 3.63) is 74.4 Å². The topological polar surface area (TPSA) is 59.5 Å². The van der Waals surface area contributed by atoms with Crippen LogP contribution in [0.5, 0.6) is 0 Å². The maximum Gasteiger partial charge on any atom is 0.273 e. The first kappa shape index (κ1) is 16.0. The zero-order chi connectivity index (χ0) is 16.2. The summed E-state index contributed by atoms with van der Waals surface area (Å²) in [5, 5.41) is 3.94. The number of halogens is 2. The summed E-state index contributed by atoms with van der Waals surface area (Å²) in [5.41, 5.74) is 3.85. The number of nitrogens with zero attached hydrogens (tertiary/aromatic N) is 2. The summed E-state index contributed by atoms with van der Waals surface area (Å²) in [6.45, 7) is 0. The summed E-state index contributed by atoms with van der Waals surface area (Å²) in [6.07, 6.45) is 5.23. The van der Waals surface area contributed by atoms with Gasteiger partial charge in [-0.25, -0.2) is 5.43 Å². The van der Waals surface area contributed by atoms with Crippen molar-refractivity contribution >= 4 is 50.6 Å². The van der Waals surface area contributed by atoms with Gasteiger partial charge in [-0.15, -0.1) is 0 Å². The van der Waals surface area contributed by atoms with E-state index in [4.69, 9.17) is 4.42 Å². The molecule has 0 saturated carbocycles. The Labute approximate surface area is 154 Å². The van der Waals surface area contributed by atoms with E-state index >= 15 is 0 Å². The van der Waals surface area contributed by atoms with Crippen LogP contribution in [0.4, 0.5) is 0 Å². The van der Waals surface area contributed by atoms with Crippen LogP contribution in [-0.4, -0.2) is 16.7 Å². The van der Waals surface area contributed by atoms with E-state index in [1.165, 1.54) is 6.21 Å². The molecule has 0 aliphatic heterocycles. The zero-order valence-electron chi connectivity index (χ0n) is 11.7. The van der Waals surface area contributed by atoms with Crippen LogP contribution < -0.4 is 5.43 Å². The normalized spacial score (nSPS) is 11.0. The minimum atomic E-state index is -0.286. The number of hydrogen-bond acceptors (Lipinski definition) is 3. The van der Waals surface area contributed by atoms with Crippen LogP contribution in [-0.2, 0) is 0 Å². The van der Waals surface area contributed by atoms with Gasteiger partial charge in [0.15, 0.2) is 3.77 Å². The molecule has 1 amide bonds. The Kier molecular flexibility index (Phi) is 4.97. The molecule has 0 spiro atoms. The first-order valence-corrected chi connectivity index (χ1v) is 8.53. The highest BCUT2D eigenvalue weighted by Crippen LogP contribution is 2.22. The number of carbonyl (C=O) groups is 1. The van der Waals surface area contributed by atoms with Crippen LogP contribution in [0.1, 0.15) is 16.1 Å². The van der Waals surface area contributed by atoms with Crippen molar-refractivity contribution in [2.45, 2.75) is 0 Å². The highest BCUT2D eigenvalue weighted by atomic mass is 127. The third-order valence-corrected chi connectivity index (χ3v) is 5.18. The molecule has 0 bridgehead atoms. The number of benzene rings is 1. The smallest absolute Gasteiger partial charge is 0.273 e. The molecule has 2 heterocycles. The molecule has 116 valence electrons. The Hall–Kier alpha value is -1.87. The number of hydrogen-bond donors (Lipinski definition) is 1. The Bertz CT molecular complexity index is 837. The van der Waals surface area contributed by atoms with Gasteiger partial charge in [-0.05, 0) is 40.2 Å². The Morgan fingerprint density at radius 3 is 2.70 bits per heavy atom. The molecule has 2 aromatic heterocycles. The molecule has 0 aliphatic carbocycles. The average Bonchev–Trinajstić information content (AvgIpc) is 3.18. The maximum absolute atomic E-state index is 12.3. The molecule has 0 fully saturated rings. The van der Waals surface area contributed by atoms with E-state index < -0.39 is 0 Å². The van der Waals surface area contributed by atoms with E-state index in [9.17, 15) is 4.79 Å². The van der Waals surface area contributed by atoms with Gasteiger partial charge < -0.3 is 8.98 Å². The van der Waals surface area contributed by atoms with Crippen molar-refractivity contribution in [2.75, 3.05) is 0 Å². The van der Waals surface area contributed by atoms with Crippen LogP contribution in [0.25, 0.3) is 5.69 Å². The van der Waals surface area contributed by atoms with E-state index in [0.717, 1.165) is 13.9 Å². The van der Waals surface area contributed by atoms with E-state index in [1.54, 1.807) is 12.1 Å². The van der Waals surface area contributed by atoms with E-state index in [2.05, 4.69) is 49.0 Å². The van der Waals surface area contributed by atoms with Gasteiger partial charge in [0.2, 0.25) is 0 Å². The molecule has 5 nitrogen and oxygen atoms in total. The number of hydrazone groups is 1. The fourth-order valence-corrected chi connectivity index (χ4v) is 2.74. The predicted molar refractivity (Wildman–Crippen MR) is 100.0 cm³/mol. The lowest BCUT2D eigenvalue weighted by Gasteiger charge is -2.08. The summed E-state index contributed by atoms with van der Waals surface area (Å²) < 4.78 is 8.88. The summed E-state index contributed by atoms with van der Waals surface area (Å²) in [6, 6.07) is 12.9. The third-order valence-electron chi connectivity index (χ3n) is 3.05. The monoisotopic (exact) mass is 483 g/mol. The summed E-state index contributed by atoms with van der Waals surface area (Å²) in [4.78, 5) is 12.3. The van der Waals surface area contributed by atoms with Gasteiger partial charge in [0.25, 0.3) is 5.91 Å². The molecule has 0 atom stereocenters. The molecule has 0 unspecified atom stereocenters. The Morgan fingerprint density at radius 1 is 1.26 bits per heavy atom. The Morgan fingerprint density at radius 2 is 2.00 bits per heavy atom. The van der Waals surface area contributed by atoms with Crippen molar-refractivity contribution in [3.8, 4) is 5.69 Å². The number of carbonyl (C=O) groups excluding carboxylic acids is 1. The van der Waals surface area contributed by atoms with E-state index in [1.807, 2.05) is 47.3 Å². The van der Waals surface area contributed by atoms with Crippen molar-refractivity contribution in [1.82, 2.24) is 9.99 Å². The molecule has 3 rings (SSSR count). The highest BCUT2D eigenvalue weighted by molar-refractivity contribution is 14.1. The first-order valence-electron chi connectivity index (χ1n) is 6.66. The van der Waals surface area contributed by atoms with Gasteiger partial charge >= 0.3 is 0 Å². The Balaban J connectivity index is 1.76. The number of furan rings is 1. The number of aromatic nitrogens is 1. The van der Waals surface area contributed by atoms with Gasteiger partial charge in [0.1, 0.15) is 5.76 Å². The molecular formula is C16H11BrIN3O2. The first-order chi connectivity index (χ1) is 11.1. The van der Waals surface area contributed by atoms with Crippen LogP contribution in [0.15, 0.2) is 68.8 Å². The zero-order valence-corrected chi connectivity index (χ0v) is 15.5. The van der Waals surface area contributed by atoms with Gasteiger partial charge in [-0.1, -0.05) is 12.1 Å². The van der Waals surface area contributed by atoms with Crippen LogP contribution in [0, 0.1) is 3.77 Å². The second kappa shape index (κ2) is 7.14. The van der Waals surface area contributed by atoms with Gasteiger partial charge in [-0.3, -0.25) is 4.79 Å². The van der Waals surface area contributed by atoms with Crippen LogP contribution in [0.3, 0.4) is 0 Å². The van der Waals surface area contributed by atoms with Crippen LogP contribution in [0.2, 0.25) is 0 Å². The molecule has 0 aliphatic rings. The average molecular weight is 484 g/mol. The lowest BCUT2D eigenvalue weighted by Crippen LogP contribution is -2.19. The van der Waals surface area contributed by atoms with Crippen molar-refractivity contribution in [2.24, 2.45) is 5.10 Å². The largest absolute Gasteiger partial charge is 0.448 e. The minimum Gasteiger partial charge on any atom is -0.448 e. The van der Waals surface area contributed by atoms with Gasteiger partial charge in [0, 0.05) is 41.1 Å². The second-order valence-corrected chi connectivity index (χ2v) is 6.41. The van der Waals surface area contributed by atoms with E-state index in [0.29, 0.717) is 11.3 Å². The van der Waals surface area contributed by atoms with Crippen molar-refractivity contribution in [1.29, 1.82) is 0 Å². The molecular weight excluding hydrogens is 473 g/mol. The molecule has 1 aromatic carbocycles. The quantitative estimate of drug-likeness (QED) is 0.343. The van der Waals surface area contributed by atoms with Gasteiger partial charge in [0.05, 0.1) is 21.9 Å². The minimum absolute atomic E-state index is 0.286. The highest BCUT2D eigenvalue weighted by Gasteiger charge is 2.11. The molecule has 0 radical (unpaired) electrons. The van der Waals surface area contributed by atoms with E-state index in [-0.39, 0.29) is 5.91 Å².